The molecule has 4 heterocycles. The van der Waals surface area contributed by atoms with Crippen LogP contribution >= 0.6 is 11.6 Å². The van der Waals surface area contributed by atoms with Gasteiger partial charge in [-0.2, -0.15) is 0 Å². The zero-order valence-electron chi connectivity index (χ0n) is 34.8. The summed E-state index contributed by atoms with van der Waals surface area (Å²) in [7, 11) is 4.33. The fourth-order valence-electron chi connectivity index (χ4n) is 8.49. The first kappa shape index (κ1) is 46.3. The van der Waals surface area contributed by atoms with E-state index in [1.54, 1.807) is 40.0 Å². The first-order valence-electron chi connectivity index (χ1n) is 19.8. The van der Waals surface area contributed by atoms with Crippen LogP contribution in [0.4, 0.5) is 0 Å². The fraction of sp³-hybridized carbons (Fsp3) is 0.829. The van der Waals surface area contributed by atoms with Crippen molar-refractivity contribution in [3.8, 4) is 11.8 Å². The normalized spacial score (nSPS) is 50.4. The number of allylic oxidation sites excluding steroid dienone is 1. The summed E-state index contributed by atoms with van der Waals surface area (Å²) in [5.41, 5.74) is -2.63. The minimum Gasteiger partial charge on any atom is -0.457 e. The summed E-state index contributed by atoms with van der Waals surface area (Å²) in [4.78, 5) is 25.2. The van der Waals surface area contributed by atoms with Crippen LogP contribution in [0, 0.1) is 35.5 Å². The lowest BCUT2D eigenvalue weighted by Gasteiger charge is -2.52. The predicted molar refractivity (Wildman–Crippen MR) is 204 cm³/mol. The molecule has 0 unspecified atom stereocenters. The average molecular weight is 831 g/mol. The van der Waals surface area contributed by atoms with Crippen molar-refractivity contribution in [2.75, 3.05) is 21.3 Å². The van der Waals surface area contributed by atoms with Gasteiger partial charge in [0.25, 0.3) is 0 Å². The summed E-state index contributed by atoms with van der Waals surface area (Å²) in [5.74, 6) is 1.70. The Bertz CT molecular complexity index is 1510. The minimum absolute atomic E-state index is 0.0693. The topological polar surface area (TPSA) is 190 Å². The Balaban J connectivity index is 1.37. The van der Waals surface area contributed by atoms with Crippen molar-refractivity contribution in [2.24, 2.45) is 23.7 Å². The summed E-state index contributed by atoms with van der Waals surface area (Å²) < 4.78 is 48.4. The molecule has 4 aliphatic heterocycles. The second-order valence-electron chi connectivity index (χ2n) is 16.9. The third kappa shape index (κ3) is 9.92. The summed E-state index contributed by atoms with van der Waals surface area (Å²) in [5, 5.41) is 45.8. The van der Waals surface area contributed by atoms with E-state index in [0.29, 0.717) is 6.42 Å². The monoisotopic (exact) mass is 830 g/mol. The van der Waals surface area contributed by atoms with Gasteiger partial charge < -0.3 is 58.3 Å². The van der Waals surface area contributed by atoms with Gasteiger partial charge in [-0.25, -0.2) is 9.78 Å². The molecular formula is C41H63ClO15. The number of fused-ring (bicyclic) bond motifs is 2. The number of esters is 1. The number of carbonyl (C=O) groups excluding carboxylic acids is 1. The van der Waals surface area contributed by atoms with Gasteiger partial charge >= 0.3 is 5.97 Å². The third-order valence-corrected chi connectivity index (χ3v) is 12.8. The molecule has 324 valence electrons. The van der Waals surface area contributed by atoms with Crippen molar-refractivity contribution >= 4 is 17.6 Å². The van der Waals surface area contributed by atoms with Gasteiger partial charge in [-0.05, 0) is 60.1 Å². The maximum atomic E-state index is 13.8. The van der Waals surface area contributed by atoms with Gasteiger partial charge in [-0.3, -0.25) is 4.79 Å². The van der Waals surface area contributed by atoms with Crippen molar-refractivity contribution in [3.63, 3.8) is 0 Å². The van der Waals surface area contributed by atoms with Crippen LogP contribution in [-0.4, -0.2) is 144 Å². The van der Waals surface area contributed by atoms with Crippen LogP contribution in [0.1, 0.15) is 74.7 Å². The van der Waals surface area contributed by atoms with Crippen molar-refractivity contribution in [1.82, 2.24) is 0 Å². The quantitative estimate of drug-likeness (QED) is 0.0663. The van der Waals surface area contributed by atoms with Crippen molar-refractivity contribution in [2.45, 2.75) is 171 Å². The Morgan fingerprint density at radius 1 is 0.895 bits per heavy atom. The molecular weight excluding hydrogens is 768 g/mol. The van der Waals surface area contributed by atoms with E-state index in [2.05, 4.69) is 11.8 Å². The highest BCUT2D eigenvalue weighted by Gasteiger charge is 2.59. The summed E-state index contributed by atoms with van der Waals surface area (Å²) in [6.45, 7) is 13.5. The van der Waals surface area contributed by atoms with Gasteiger partial charge in [0.05, 0.1) is 30.5 Å². The summed E-state index contributed by atoms with van der Waals surface area (Å²) >= 11 is 6.09. The van der Waals surface area contributed by atoms with Crippen LogP contribution in [0.25, 0.3) is 0 Å². The molecule has 1 saturated carbocycles. The van der Waals surface area contributed by atoms with Gasteiger partial charge in [0.15, 0.2) is 12.1 Å². The Kier molecular flexibility index (Phi) is 15.0. The lowest BCUT2D eigenvalue weighted by Crippen LogP contribution is -2.68. The number of aliphatic hydroxyl groups excluding tert-OH is 1. The molecule has 5 aliphatic rings. The lowest BCUT2D eigenvalue weighted by molar-refractivity contribution is -0.479. The molecule has 0 aromatic carbocycles. The number of halogens is 1. The zero-order chi connectivity index (χ0) is 42.2. The molecule has 0 radical (unpaired) electrons. The van der Waals surface area contributed by atoms with Crippen LogP contribution < -0.4 is 0 Å². The number of alkyl halides is 1. The van der Waals surface area contributed by atoms with Gasteiger partial charge in [-0.1, -0.05) is 37.3 Å². The smallest absolute Gasteiger partial charge is 0.314 e. The van der Waals surface area contributed by atoms with Gasteiger partial charge in [-0.15, -0.1) is 11.6 Å². The first-order chi connectivity index (χ1) is 26.7. The van der Waals surface area contributed by atoms with Crippen molar-refractivity contribution in [1.29, 1.82) is 0 Å². The number of rotatable bonds is 9. The second-order valence-corrected chi connectivity index (χ2v) is 17.4. The number of hydrogen-bond donors (Lipinski definition) is 4. The highest BCUT2D eigenvalue weighted by molar-refractivity contribution is 6.22. The molecule has 4 fully saturated rings. The minimum atomic E-state index is -2.03. The van der Waals surface area contributed by atoms with E-state index in [4.69, 9.17) is 59.3 Å². The zero-order valence-corrected chi connectivity index (χ0v) is 35.6. The van der Waals surface area contributed by atoms with Crippen LogP contribution in [0.3, 0.4) is 0 Å². The molecule has 2 bridgehead atoms. The van der Waals surface area contributed by atoms with E-state index in [0.717, 1.165) is 12.0 Å². The van der Waals surface area contributed by atoms with Gasteiger partial charge in [0, 0.05) is 57.3 Å². The van der Waals surface area contributed by atoms with Gasteiger partial charge in [0.1, 0.15) is 47.6 Å². The van der Waals surface area contributed by atoms with Crippen LogP contribution in [-0.2, 0) is 52.5 Å². The first-order valence-corrected chi connectivity index (χ1v) is 20.2. The Labute approximate surface area is 341 Å². The van der Waals surface area contributed by atoms with E-state index in [1.807, 2.05) is 26.8 Å². The average Bonchev–Trinajstić information content (AvgIpc) is 3.85. The summed E-state index contributed by atoms with van der Waals surface area (Å²) in [6, 6.07) is 0. The number of cyclic esters (lactones) is 1. The number of aliphatic hydroxyl groups is 4. The number of carbonyl (C=O) groups is 1. The highest BCUT2D eigenvalue weighted by atomic mass is 35.5. The fourth-order valence-corrected chi connectivity index (χ4v) is 8.75. The number of ether oxygens (including phenoxy) is 8. The Hall–Kier alpha value is -1.72. The Morgan fingerprint density at radius 2 is 1.53 bits per heavy atom. The molecule has 3 saturated heterocycles. The van der Waals surface area contributed by atoms with E-state index in [9.17, 15) is 25.2 Å². The molecule has 20 atom stereocenters. The molecule has 4 N–H and O–H groups in total. The van der Waals surface area contributed by atoms with E-state index >= 15 is 0 Å². The van der Waals surface area contributed by atoms with Gasteiger partial charge in [0.2, 0.25) is 6.29 Å². The molecule has 15 nitrogen and oxygen atoms in total. The molecule has 0 amide bonds. The standard InChI is InChI=1S/C41H63ClO15/c1-20-16-27(15-13-12-14-26-18-28(26)42)53-36(44)23(4)41(47)19-30(22(3)31(55-41)21(2)29(17-20)48-9)54-37-34(49-10)40(8,46)33(25(6)52-37)56-57-38-35(50-11)39(7,45)32(43)24(5)51-38/h13,15,17,21-35,37-38,43,45-47H,16,18-19H2,1-11H3/b15-13+,20-17+/t21-,22-,23-,24+,25+,26+,27+,28+,29-,30+,31+,32+,33+,34+,35+,37+,38+,39-,40-,41+/m1/s1. The number of methoxy groups -OCH3 is 3. The van der Waals surface area contributed by atoms with Crippen molar-refractivity contribution < 1.29 is 72.9 Å². The molecule has 0 aromatic rings. The summed E-state index contributed by atoms with van der Waals surface area (Å²) in [6.07, 6.45) is -5.05. The molecule has 5 rings (SSSR count). The molecule has 16 heteroatoms. The van der Waals surface area contributed by atoms with E-state index < -0.39 is 102 Å². The number of hydrogen-bond acceptors (Lipinski definition) is 15. The van der Waals surface area contributed by atoms with Crippen molar-refractivity contribution in [3.05, 3.63) is 23.8 Å². The van der Waals surface area contributed by atoms with Crippen LogP contribution in [0.2, 0.25) is 0 Å². The highest BCUT2D eigenvalue weighted by Crippen LogP contribution is 2.45. The van der Waals surface area contributed by atoms with Crippen LogP contribution in [0.5, 0.6) is 0 Å². The molecule has 0 spiro atoms. The SMILES string of the molecule is CO[C@@H]1/C=C(\C)C[C@H](/C=C/C#C[C@H]2C[C@@H]2Cl)OC(=O)[C@@H](C)[C@]2(O)C[C@H](O[C@@H]3O[C@@H](C)[C@H](OO[C@@H]4O[C@@H](C)[C@H](O)[C@@](C)(O)[C@H]4OC)[C@@](C)(O)[C@H]3OC)[C@@H](C)[C@@H](O2)[C@@H]1C. The molecule has 1 aliphatic carbocycles. The second kappa shape index (κ2) is 18.5. The van der Waals surface area contributed by atoms with E-state index in [1.165, 1.54) is 28.1 Å². The molecule has 0 aromatic heterocycles. The van der Waals surface area contributed by atoms with E-state index in [-0.39, 0.29) is 29.6 Å². The third-order valence-electron chi connectivity index (χ3n) is 12.4. The predicted octanol–water partition coefficient (Wildman–Crippen LogP) is 2.92. The van der Waals surface area contributed by atoms with Crippen LogP contribution in [0.15, 0.2) is 23.8 Å². The largest absolute Gasteiger partial charge is 0.457 e. The molecule has 57 heavy (non-hydrogen) atoms. The maximum Gasteiger partial charge on any atom is 0.314 e. The Morgan fingerprint density at radius 3 is 2.14 bits per heavy atom. The lowest BCUT2D eigenvalue weighted by atomic mass is 9.77. The maximum absolute atomic E-state index is 13.8.